The minimum absolute atomic E-state index is 0.899. The predicted octanol–water partition coefficient (Wildman–Crippen LogP) is 4.84. The highest BCUT2D eigenvalue weighted by molar-refractivity contribution is 6.00. The van der Waals surface area contributed by atoms with Crippen molar-refractivity contribution in [1.82, 2.24) is 19.9 Å². The van der Waals surface area contributed by atoms with Crippen LogP contribution in [0.1, 0.15) is 0 Å². The second kappa shape index (κ2) is 5.53. The van der Waals surface area contributed by atoms with Gasteiger partial charge in [0.25, 0.3) is 0 Å². The van der Waals surface area contributed by atoms with Gasteiger partial charge in [-0.05, 0) is 47.5 Å². The third-order valence-electron chi connectivity index (χ3n) is 4.48. The number of pyridine rings is 3. The zero-order valence-corrected chi connectivity index (χ0v) is 13.3. The molecule has 0 aliphatic carbocycles. The molecule has 4 nitrogen and oxygen atoms in total. The molecular weight excluding hydrogens is 308 g/mol. The van der Waals surface area contributed by atoms with Gasteiger partial charge in [0.2, 0.25) is 0 Å². The van der Waals surface area contributed by atoms with Gasteiger partial charge in [-0.1, -0.05) is 12.1 Å². The number of hydrogen-bond donors (Lipinski definition) is 1. The van der Waals surface area contributed by atoms with E-state index in [2.05, 4.69) is 50.3 Å². The number of hydrogen-bond acceptors (Lipinski definition) is 3. The largest absolute Gasteiger partial charge is 0.346 e. The normalized spacial score (nSPS) is 11.2. The van der Waals surface area contributed by atoms with E-state index in [9.17, 15) is 0 Å². The van der Waals surface area contributed by atoms with E-state index in [-0.39, 0.29) is 0 Å². The Bertz CT molecular complexity index is 1190. The van der Waals surface area contributed by atoms with E-state index in [4.69, 9.17) is 0 Å². The second-order valence-corrected chi connectivity index (χ2v) is 5.93. The zero-order valence-electron chi connectivity index (χ0n) is 13.3. The highest BCUT2D eigenvalue weighted by Gasteiger charge is 2.10. The van der Waals surface area contributed by atoms with Crippen LogP contribution in [0, 0.1) is 0 Å². The summed E-state index contributed by atoms with van der Waals surface area (Å²) in [6, 6.07) is 16.5. The lowest BCUT2D eigenvalue weighted by atomic mass is 9.98. The molecule has 5 rings (SSSR count). The molecule has 0 unspecified atom stereocenters. The molecule has 1 aromatic carbocycles. The van der Waals surface area contributed by atoms with Crippen LogP contribution >= 0.6 is 0 Å². The summed E-state index contributed by atoms with van der Waals surface area (Å²) >= 11 is 0. The van der Waals surface area contributed by atoms with Gasteiger partial charge in [0.15, 0.2) is 0 Å². The summed E-state index contributed by atoms with van der Waals surface area (Å²) in [5.74, 6) is 0. The predicted molar refractivity (Wildman–Crippen MR) is 100 cm³/mol. The van der Waals surface area contributed by atoms with Crippen molar-refractivity contribution in [3.8, 4) is 22.3 Å². The summed E-state index contributed by atoms with van der Waals surface area (Å²) in [5.41, 5.74) is 6.39. The zero-order chi connectivity index (χ0) is 16.6. The van der Waals surface area contributed by atoms with Crippen LogP contribution in [0.3, 0.4) is 0 Å². The number of aromatic amines is 1. The van der Waals surface area contributed by atoms with Crippen molar-refractivity contribution in [2.24, 2.45) is 0 Å². The SMILES string of the molecule is c1cncc(-c2ccnc3ccc(-c4c[nH]c5ncccc45)cc23)c1. The molecule has 25 heavy (non-hydrogen) atoms. The molecule has 0 amide bonds. The first-order chi connectivity index (χ1) is 12.4. The van der Waals surface area contributed by atoms with Crippen molar-refractivity contribution in [3.63, 3.8) is 0 Å². The van der Waals surface area contributed by atoms with Crippen LogP contribution in [0.15, 0.2) is 79.5 Å². The quantitative estimate of drug-likeness (QED) is 0.506. The molecule has 0 bridgehead atoms. The Morgan fingerprint density at radius 3 is 2.60 bits per heavy atom. The molecular formula is C21H14N4. The van der Waals surface area contributed by atoms with Crippen molar-refractivity contribution in [1.29, 1.82) is 0 Å². The first kappa shape index (κ1) is 13.9. The lowest BCUT2D eigenvalue weighted by Crippen LogP contribution is -1.86. The van der Waals surface area contributed by atoms with Crippen LogP contribution in [0.4, 0.5) is 0 Å². The standard InChI is InChI=1S/C21H14N4/c1-3-15(12-22-8-1)16-7-10-23-20-6-5-14(11-18(16)20)19-13-25-21-17(19)4-2-9-24-21/h1-13H,(H,24,25). The van der Waals surface area contributed by atoms with Gasteiger partial charge >= 0.3 is 0 Å². The Kier molecular flexibility index (Phi) is 3.07. The van der Waals surface area contributed by atoms with Crippen molar-refractivity contribution in [2.45, 2.75) is 0 Å². The Balaban J connectivity index is 1.76. The summed E-state index contributed by atoms with van der Waals surface area (Å²) in [6.07, 6.45) is 9.33. The van der Waals surface area contributed by atoms with Gasteiger partial charge in [0.1, 0.15) is 5.65 Å². The number of benzene rings is 1. The lowest BCUT2D eigenvalue weighted by Gasteiger charge is -2.08. The maximum atomic E-state index is 4.51. The van der Waals surface area contributed by atoms with Crippen LogP contribution in [-0.4, -0.2) is 19.9 Å². The van der Waals surface area contributed by atoms with Crippen LogP contribution in [0.2, 0.25) is 0 Å². The Labute approximate surface area is 144 Å². The first-order valence-corrected chi connectivity index (χ1v) is 8.12. The smallest absolute Gasteiger partial charge is 0.137 e. The van der Waals surface area contributed by atoms with Crippen LogP contribution in [0.25, 0.3) is 44.2 Å². The Morgan fingerprint density at radius 1 is 0.720 bits per heavy atom. The topological polar surface area (TPSA) is 54.5 Å². The molecule has 0 aliphatic heterocycles. The fraction of sp³-hybridized carbons (Fsp3) is 0. The minimum Gasteiger partial charge on any atom is -0.346 e. The molecule has 0 spiro atoms. The Hall–Kier alpha value is -3.53. The van der Waals surface area contributed by atoms with Gasteiger partial charge < -0.3 is 4.98 Å². The van der Waals surface area contributed by atoms with E-state index < -0.39 is 0 Å². The van der Waals surface area contributed by atoms with Gasteiger partial charge in [0.05, 0.1) is 5.52 Å². The molecule has 1 N–H and O–H groups in total. The van der Waals surface area contributed by atoms with Gasteiger partial charge in [-0.2, -0.15) is 0 Å². The van der Waals surface area contributed by atoms with E-state index in [1.54, 1.807) is 12.4 Å². The van der Waals surface area contributed by atoms with E-state index in [0.29, 0.717) is 0 Å². The summed E-state index contributed by atoms with van der Waals surface area (Å²) in [7, 11) is 0. The molecule has 0 saturated heterocycles. The molecule has 0 aliphatic rings. The third kappa shape index (κ3) is 2.27. The maximum Gasteiger partial charge on any atom is 0.137 e. The number of nitrogens with one attached hydrogen (secondary N) is 1. The van der Waals surface area contributed by atoms with Crippen LogP contribution in [0.5, 0.6) is 0 Å². The molecule has 0 atom stereocenters. The number of fused-ring (bicyclic) bond motifs is 2. The van der Waals surface area contributed by atoms with Crippen molar-refractivity contribution in [2.75, 3.05) is 0 Å². The molecule has 0 radical (unpaired) electrons. The number of H-pyrrole nitrogens is 1. The van der Waals surface area contributed by atoms with Gasteiger partial charge in [-0.3, -0.25) is 9.97 Å². The summed E-state index contributed by atoms with van der Waals surface area (Å²) < 4.78 is 0. The summed E-state index contributed by atoms with van der Waals surface area (Å²) in [6.45, 7) is 0. The number of rotatable bonds is 2. The average molecular weight is 322 g/mol. The first-order valence-electron chi connectivity index (χ1n) is 8.12. The van der Waals surface area contributed by atoms with Gasteiger partial charge in [-0.15, -0.1) is 0 Å². The number of aromatic nitrogens is 4. The fourth-order valence-electron chi connectivity index (χ4n) is 3.28. The Morgan fingerprint density at radius 2 is 1.68 bits per heavy atom. The molecule has 0 fully saturated rings. The van der Waals surface area contributed by atoms with Crippen LogP contribution < -0.4 is 0 Å². The summed E-state index contributed by atoms with van der Waals surface area (Å²) in [5, 5.41) is 2.24. The van der Waals surface area contributed by atoms with Gasteiger partial charge in [0, 0.05) is 52.9 Å². The maximum absolute atomic E-state index is 4.51. The molecule has 118 valence electrons. The molecule has 4 heterocycles. The molecule has 0 saturated carbocycles. The molecule has 5 aromatic rings. The van der Waals surface area contributed by atoms with E-state index in [0.717, 1.165) is 44.2 Å². The minimum atomic E-state index is 0.899. The monoisotopic (exact) mass is 322 g/mol. The lowest BCUT2D eigenvalue weighted by molar-refractivity contribution is 1.32. The highest BCUT2D eigenvalue weighted by atomic mass is 14.8. The molecule has 4 aromatic heterocycles. The fourth-order valence-corrected chi connectivity index (χ4v) is 3.28. The summed E-state index contributed by atoms with van der Waals surface area (Å²) in [4.78, 5) is 16.4. The van der Waals surface area contributed by atoms with E-state index >= 15 is 0 Å². The van der Waals surface area contributed by atoms with Crippen molar-refractivity contribution in [3.05, 3.63) is 79.5 Å². The van der Waals surface area contributed by atoms with Crippen molar-refractivity contribution >= 4 is 21.9 Å². The third-order valence-corrected chi connectivity index (χ3v) is 4.48. The van der Waals surface area contributed by atoms with Crippen molar-refractivity contribution < 1.29 is 0 Å². The van der Waals surface area contributed by atoms with Gasteiger partial charge in [-0.25, -0.2) is 4.98 Å². The molecule has 4 heteroatoms. The van der Waals surface area contributed by atoms with Crippen LogP contribution in [-0.2, 0) is 0 Å². The highest BCUT2D eigenvalue weighted by Crippen LogP contribution is 2.33. The van der Waals surface area contributed by atoms with E-state index in [1.807, 2.05) is 36.8 Å². The van der Waals surface area contributed by atoms with E-state index in [1.165, 1.54) is 0 Å². The number of nitrogens with zero attached hydrogens (tertiary/aromatic N) is 3. The average Bonchev–Trinajstić information content (AvgIpc) is 3.12. The second-order valence-electron chi connectivity index (χ2n) is 5.93.